The van der Waals surface area contributed by atoms with Crippen LogP contribution < -0.4 is 5.32 Å². The lowest BCUT2D eigenvalue weighted by molar-refractivity contribution is -0.387. The fourth-order valence-corrected chi connectivity index (χ4v) is 1.91. The molecular formula is C13H16FN3O3. The second kappa shape index (κ2) is 5.96. The lowest BCUT2D eigenvalue weighted by atomic mass is 10.2. The Labute approximate surface area is 115 Å². The molecule has 1 N–H and O–H groups in total. The molecule has 6 nitrogen and oxygen atoms in total. The number of nitro benzene ring substituents is 1. The summed E-state index contributed by atoms with van der Waals surface area (Å²) >= 11 is 0. The van der Waals surface area contributed by atoms with E-state index in [0.717, 1.165) is 25.0 Å². The van der Waals surface area contributed by atoms with Crippen LogP contribution in [-0.4, -0.2) is 35.4 Å². The first kappa shape index (κ1) is 14.4. The van der Waals surface area contributed by atoms with Gasteiger partial charge in [0.2, 0.25) is 11.7 Å². The molecular weight excluding hydrogens is 265 g/mol. The maximum atomic E-state index is 13.5. The number of hydrogen-bond donors (Lipinski definition) is 1. The SMILES string of the molecule is CN(CC(=O)NC1CC1)Cc1ccc([N+](=O)[O-])c(F)c1. The van der Waals surface area contributed by atoms with Crippen molar-refractivity contribution in [3.05, 3.63) is 39.7 Å². The molecule has 7 heteroatoms. The van der Waals surface area contributed by atoms with Gasteiger partial charge in [0.25, 0.3) is 0 Å². The second-order valence-electron chi connectivity index (χ2n) is 5.06. The normalized spacial score (nSPS) is 14.3. The molecule has 1 aliphatic rings. The van der Waals surface area contributed by atoms with E-state index in [9.17, 15) is 19.3 Å². The number of nitrogens with zero attached hydrogens (tertiary/aromatic N) is 2. The maximum Gasteiger partial charge on any atom is 0.304 e. The molecule has 20 heavy (non-hydrogen) atoms. The number of likely N-dealkylation sites (N-methyl/N-ethyl adjacent to an activating group) is 1. The summed E-state index contributed by atoms with van der Waals surface area (Å²) in [5.74, 6) is -0.916. The number of benzene rings is 1. The molecule has 1 fully saturated rings. The third-order valence-corrected chi connectivity index (χ3v) is 3.02. The molecule has 0 aliphatic heterocycles. The number of carbonyl (C=O) groups is 1. The largest absolute Gasteiger partial charge is 0.352 e. The number of amides is 1. The molecule has 0 saturated heterocycles. The van der Waals surface area contributed by atoms with Crippen molar-refractivity contribution < 1.29 is 14.1 Å². The van der Waals surface area contributed by atoms with Crippen molar-refractivity contribution in [3.8, 4) is 0 Å². The Balaban J connectivity index is 1.89. The van der Waals surface area contributed by atoms with Crippen molar-refractivity contribution in [3.63, 3.8) is 0 Å². The molecule has 1 aromatic rings. The minimum Gasteiger partial charge on any atom is -0.352 e. The highest BCUT2D eigenvalue weighted by atomic mass is 19.1. The molecule has 1 aliphatic carbocycles. The molecule has 108 valence electrons. The smallest absolute Gasteiger partial charge is 0.304 e. The van der Waals surface area contributed by atoms with Crippen LogP contribution in [0.4, 0.5) is 10.1 Å². The summed E-state index contributed by atoms with van der Waals surface area (Å²) in [6.07, 6.45) is 2.06. The van der Waals surface area contributed by atoms with E-state index in [0.29, 0.717) is 18.2 Å². The van der Waals surface area contributed by atoms with Crippen LogP contribution in [0.3, 0.4) is 0 Å². The Morgan fingerprint density at radius 1 is 1.55 bits per heavy atom. The zero-order valence-electron chi connectivity index (χ0n) is 11.1. The first-order valence-corrected chi connectivity index (χ1v) is 6.36. The molecule has 1 saturated carbocycles. The van der Waals surface area contributed by atoms with Crippen LogP contribution in [0.5, 0.6) is 0 Å². The lowest BCUT2D eigenvalue weighted by Gasteiger charge is -2.16. The van der Waals surface area contributed by atoms with Crippen LogP contribution in [0.1, 0.15) is 18.4 Å². The molecule has 0 atom stereocenters. The fraction of sp³-hybridized carbons (Fsp3) is 0.462. The molecule has 0 aromatic heterocycles. The molecule has 0 radical (unpaired) electrons. The van der Waals surface area contributed by atoms with Crippen molar-refractivity contribution in [2.45, 2.75) is 25.4 Å². The van der Waals surface area contributed by atoms with Gasteiger partial charge in [-0.05, 0) is 31.5 Å². The van der Waals surface area contributed by atoms with Gasteiger partial charge < -0.3 is 5.32 Å². The van der Waals surface area contributed by atoms with Crippen LogP contribution >= 0.6 is 0 Å². The summed E-state index contributed by atoms with van der Waals surface area (Å²) in [7, 11) is 1.74. The molecule has 1 amide bonds. The molecule has 0 heterocycles. The minimum atomic E-state index is -0.858. The second-order valence-corrected chi connectivity index (χ2v) is 5.06. The van der Waals surface area contributed by atoms with E-state index in [4.69, 9.17) is 0 Å². The van der Waals surface area contributed by atoms with Crippen molar-refractivity contribution in [1.82, 2.24) is 10.2 Å². The first-order valence-electron chi connectivity index (χ1n) is 6.36. The van der Waals surface area contributed by atoms with Gasteiger partial charge in [-0.25, -0.2) is 0 Å². The average Bonchev–Trinajstić information content (AvgIpc) is 3.11. The average molecular weight is 281 g/mol. The van der Waals surface area contributed by atoms with Gasteiger partial charge in [-0.1, -0.05) is 6.07 Å². The van der Waals surface area contributed by atoms with Crippen molar-refractivity contribution >= 4 is 11.6 Å². The number of rotatable bonds is 6. The van der Waals surface area contributed by atoms with Gasteiger partial charge >= 0.3 is 5.69 Å². The van der Waals surface area contributed by atoms with Crippen LogP contribution in [-0.2, 0) is 11.3 Å². The lowest BCUT2D eigenvalue weighted by Crippen LogP contribution is -2.35. The summed E-state index contributed by atoms with van der Waals surface area (Å²) in [4.78, 5) is 23.1. The molecule has 0 spiro atoms. The van der Waals surface area contributed by atoms with Gasteiger partial charge in [-0.3, -0.25) is 19.8 Å². The number of carbonyl (C=O) groups excluding carboxylic acids is 1. The van der Waals surface area contributed by atoms with Gasteiger partial charge in [-0.2, -0.15) is 4.39 Å². The Kier molecular flexibility index (Phi) is 4.29. The predicted molar refractivity (Wildman–Crippen MR) is 70.6 cm³/mol. The van der Waals surface area contributed by atoms with Crippen molar-refractivity contribution in [2.75, 3.05) is 13.6 Å². The Bertz CT molecular complexity index is 532. The third kappa shape index (κ3) is 3.99. The van der Waals surface area contributed by atoms with Gasteiger partial charge in [-0.15, -0.1) is 0 Å². The maximum absolute atomic E-state index is 13.5. The van der Waals surface area contributed by atoms with E-state index >= 15 is 0 Å². The summed E-state index contributed by atoms with van der Waals surface area (Å²) in [5.41, 5.74) is 0.0534. The van der Waals surface area contributed by atoms with E-state index in [1.165, 1.54) is 6.07 Å². The first-order chi connectivity index (χ1) is 9.45. The summed E-state index contributed by atoms with van der Waals surface area (Å²) in [6, 6.07) is 4.08. The Morgan fingerprint density at radius 3 is 2.80 bits per heavy atom. The Morgan fingerprint density at radius 2 is 2.25 bits per heavy atom. The zero-order chi connectivity index (χ0) is 14.7. The number of nitrogens with one attached hydrogen (secondary N) is 1. The number of hydrogen-bond acceptors (Lipinski definition) is 4. The fourth-order valence-electron chi connectivity index (χ4n) is 1.91. The quantitative estimate of drug-likeness (QED) is 0.632. The highest BCUT2D eigenvalue weighted by Crippen LogP contribution is 2.19. The highest BCUT2D eigenvalue weighted by Gasteiger charge is 2.23. The van der Waals surface area contributed by atoms with Crippen molar-refractivity contribution in [2.24, 2.45) is 0 Å². The van der Waals surface area contributed by atoms with Crippen LogP contribution in [0, 0.1) is 15.9 Å². The molecule has 0 unspecified atom stereocenters. The third-order valence-electron chi connectivity index (χ3n) is 3.02. The van der Waals surface area contributed by atoms with Gasteiger partial charge in [0, 0.05) is 18.7 Å². The predicted octanol–water partition coefficient (Wildman–Crippen LogP) is 1.44. The van der Waals surface area contributed by atoms with Gasteiger partial charge in [0.1, 0.15) is 0 Å². The Hall–Kier alpha value is -2.02. The summed E-state index contributed by atoms with van der Waals surface area (Å²) < 4.78 is 13.5. The standard InChI is InChI=1S/C13H16FN3O3/c1-16(8-13(18)15-10-3-4-10)7-9-2-5-12(17(19)20)11(14)6-9/h2,5-6,10H,3-4,7-8H2,1H3,(H,15,18). The monoisotopic (exact) mass is 281 g/mol. The van der Waals surface area contributed by atoms with Crippen LogP contribution in [0.15, 0.2) is 18.2 Å². The van der Waals surface area contributed by atoms with E-state index in [1.807, 2.05) is 0 Å². The van der Waals surface area contributed by atoms with Gasteiger partial charge in [0.05, 0.1) is 11.5 Å². The topological polar surface area (TPSA) is 75.5 Å². The number of halogens is 1. The van der Waals surface area contributed by atoms with Crippen LogP contribution in [0.25, 0.3) is 0 Å². The van der Waals surface area contributed by atoms with E-state index in [1.54, 1.807) is 11.9 Å². The number of nitro groups is 1. The van der Waals surface area contributed by atoms with Gasteiger partial charge in [0.15, 0.2) is 0 Å². The van der Waals surface area contributed by atoms with E-state index < -0.39 is 16.4 Å². The van der Waals surface area contributed by atoms with Crippen LogP contribution in [0.2, 0.25) is 0 Å². The summed E-state index contributed by atoms with van der Waals surface area (Å²) in [5, 5.41) is 13.4. The zero-order valence-corrected chi connectivity index (χ0v) is 11.1. The van der Waals surface area contributed by atoms with E-state index in [2.05, 4.69) is 5.32 Å². The van der Waals surface area contributed by atoms with Crippen molar-refractivity contribution in [1.29, 1.82) is 0 Å². The molecule has 1 aromatic carbocycles. The minimum absolute atomic E-state index is 0.0580. The van der Waals surface area contributed by atoms with E-state index in [-0.39, 0.29) is 12.5 Å². The molecule has 2 rings (SSSR count). The highest BCUT2D eigenvalue weighted by molar-refractivity contribution is 5.78. The molecule has 0 bridgehead atoms. The summed E-state index contributed by atoms with van der Waals surface area (Å²) in [6.45, 7) is 0.572.